The molecule has 0 aliphatic carbocycles. The maximum absolute atomic E-state index is 12.3. The van der Waals surface area contributed by atoms with Gasteiger partial charge >= 0.3 is 5.97 Å². The Morgan fingerprint density at radius 2 is 1.91 bits per heavy atom. The molecule has 0 amide bonds. The average Bonchev–Trinajstić information content (AvgIpc) is 2.95. The second-order valence-electron chi connectivity index (χ2n) is 5.55. The molecular formula is C19H19NO2. The Bertz CT molecular complexity index is 790. The predicted octanol–water partition coefficient (Wildman–Crippen LogP) is 4.25. The van der Waals surface area contributed by atoms with E-state index >= 15 is 0 Å². The largest absolute Gasteiger partial charge is 0.459 e. The van der Waals surface area contributed by atoms with Gasteiger partial charge in [-0.05, 0) is 43.0 Å². The quantitative estimate of drug-likeness (QED) is 0.673. The number of hydrogen-bond acceptors (Lipinski definition) is 2. The van der Waals surface area contributed by atoms with Crippen LogP contribution in [-0.4, -0.2) is 10.5 Å². The lowest BCUT2D eigenvalue weighted by Gasteiger charge is -2.14. The highest BCUT2D eigenvalue weighted by atomic mass is 16.5. The smallest absolute Gasteiger partial charge is 0.329 e. The van der Waals surface area contributed by atoms with Crippen LogP contribution in [0, 0.1) is 6.92 Å². The summed E-state index contributed by atoms with van der Waals surface area (Å²) in [5.74, 6) is -0.220. The summed E-state index contributed by atoms with van der Waals surface area (Å²) < 4.78 is 7.39. The zero-order valence-electron chi connectivity index (χ0n) is 12.8. The van der Waals surface area contributed by atoms with E-state index in [1.54, 1.807) is 0 Å². The number of benzene rings is 2. The van der Waals surface area contributed by atoms with Gasteiger partial charge in [0.2, 0.25) is 0 Å². The van der Waals surface area contributed by atoms with Crippen molar-refractivity contribution >= 4 is 16.9 Å². The van der Waals surface area contributed by atoms with Crippen LogP contribution in [0.4, 0.5) is 0 Å². The van der Waals surface area contributed by atoms with Gasteiger partial charge in [-0.3, -0.25) is 0 Å². The Morgan fingerprint density at radius 1 is 1.14 bits per heavy atom. The van der Waals surface area contributed by atoms with Gasteiger partial charge in [-0.25, -0.2) is 4.79 Å². The second-order valence-corrected chi connectivity index (χ2v) is 5.55. The molecule has 0 aliphatic rings. The van der Waals surface area contributed by atoms with Crippen molar-refractivity contribution in [2.24, 2.45) is 0 Å². The highest BCUT2D eigenvalue weighted by Crippen LogP contribution is 2.22. The van der Waals surface area contributed by atoms with Crippen molar-refractivity contribution in [1.29, 1.82) is 0 Å². The summed E-state index contributed by atoms with van der Waals surface area (Å²) in [6, 6.07) is 17.6. The highest BCUT2D eigenvalue weighted by Gasteiger charge is 2.18. The minimum atomic E-state index is -0.344. The normalized spacial score (nSPS) is 12.3. The van der Waals surface area contributed by atoms with E-state index in [1.165, 1.54) is 5.56 Å². The van der Waals surface area contributed by atoms with Crippen LogP contribution in [0.25, 0.3) is 10.9 Å². The van der Waals surface area contributed by atoms with Gasteiger partial charge < -0.3 is 9.30 Å². The average molecular weight is 293 g/mol. The number of hydrogen-bond donors (Lipinski definition) is 0. The Hall–Kier alpha value is -2.55. The van der Waals surface area contributed by atoms with Crippen LogP contribution in [0.5, 0.6) is 0 Å². The SMILES string of the molecule is Cc1ccc2c(ccn2C(C)C(=O)OCc2ccccc2)c1. The van der Waals surface area contributed by atoms with Crippen LogP contribution in [-0.2, 0) is 16.1 Å². The van der Waals surface area contributed by atoms with E-state index in [4.69, 9.17) is 4.74 Å². The van der Waals surface area contributed by atoms with Gasteiger partial charge in [0.05, 0.1) is 0 Å². The molecule has 0 saturated carbocycles. The lowest BCUT2D eigenvalue weighted by Crippen LogP contribution is -2.18. The highest BCUT2D eigenvalue weighted by molar-refractivity contribution is 5.84. The number of carbonyl (C=O) groups is 1. The van der Waals surface area contributed by atoms with Crippen LogP contribution in [0.3, 0.4) is 0 Å². The summed E-state index contributed by atoms with van der Waals surface area (Å²) in [5.41, 5.74) is 3.26. The van der Waals surface area contributed by atoms with Gasteiger partial charge in [0.1, 0.15) is 12.6 Å². The fourth-order valence-electron chi connectivity index (χ4n) is 2.58. The van der Waals surface area contributed by atoms with Crippen LogP contribution >= 0.6 is 0 Å². The third-order valence-corrected chi connectivity index (χ3v) is 3.86. The molecule has 3 aromatic rings. The molecule has 112 valence electrons. The summed E-state index contributed by atoms with van der Waals surface area (Å²) in [5, 5.41) is 1.14. The van der Waals surface area contributed by atoms with E-state index in [9.17, 15) is 4.79 Å². The van der Waals surface area contributed by atoms with Crippen LogP contribution in [0.15, 0.2) is 60.8 Å². The molecule has 0 radical (unpaired) electrons. The molecule has 1 atom stereocenters. The molecule has 3 nitrogen and oxygen atoms in total. The van der Waals surface area contributed by atoms with Crippen molar-refractivity contribution in [3.63, 3.8) is 0 Å². The summed E-state index contributed by atoms with van der Waals surface area (Å²) in [4.78, 5) is 12.3. The van der Waals surface area contributed by atoms with E-state index in [-0.39, 0.29) is 12.0 Å². The number of ether oxygens (including phenoxy) is 1. The van der Waals surface area contributed by atoms with Crippen molar-refractivity contribution in [1.82, 2.24) is 4.57 Å². The summed E-state index contributed by atoms with van der Waals surface area (Å²) in [7, 11) is 0. The van der Waals surface area contributed by atoms with Crippen molar-refractivity contribution < 1.29 is 9.53 Å². The molecule has 3 rings (SSSR count). The molecule has 0 spiro atoms. The lowest BCUT2D eigenvalue weighted by atomic mass is 10.2. The molecule has 0 bridgehead atoms. The molecule has 1 unspecified atom stereocenters. The van der Waals surface area contributed by atoms with E-state index in [1.807, 2.05) is 60.2 Å². The van der Waals surface area contributed by atoms with Gasteiger partial charge in [-0.2, -0.15) is 0 Å². The van der Waals surface area contributed by atoms with Crippen molar-refractivity contribution in [3.8, 4) is 0 Å². The standard InChI is InChI=1S/C19H19NO2/c1-14-8-9-18-17(12-14)10-11-20(18)15(2)19(21)22-13-16-6-4-3-5-7-16/h3-12,15H,13H2,1-2H3. The summed E-state index contributed by atoms with van der Waals surface area (Å²) in [6.07, 6.45) is 1.94. The molecule has 1 heterocycles. The molecule has 0 N–H and O–H groups in total. The van der Waals surface area contributed by atoms with Gasteiger partial charge in [0, 0.05) is 11.7 Å². The molecule has 22 heavy (non-hydrogen) atoms. The number of aryl methyl sites for hydroxylation is 1. The maximum atomic E-state index is 12.3. The van der Waals surface area contributed by atoms with Gasteiger partial charge in [-0.15, -0.1) is 0 Å². The monoisotopic (exact) mass is 293 g/mol. The molecule has 3 heteroatoms. The zero-order chi connectivity index (χ0) is 15.5. The minimum Gasteiger partial charge on any atom is -0.459 e. The van der Waals surface area contributed by atoms with E-state index in [2.05, 4.69) is 19.1 Å². The third-order valence-electron chi connectivity index (χ3n) is 3.86. The summed E-state index contributed by atoms with van der Waals surface area (Å²) in [6.45, 7) is 4.24. The summed E-state index contributed by atoms with van der Waals surface area (Å²) >= 11 is 0. The number of carbonyl (C=O) groups excluding carboxylic acids is 1. The Labute approximate surface area is 130 Å². The first-order valence-electron chi connectivity index (χ1n) is 7.43. The molecule has 0 saturated heterocycles. The van der Waals surface area contributed by atoms with Gasteiger partial charge in [0.15, 0.2) is 0 Å². The zero-order valence-corrected chi connectivity index (χ0v) is 12.8. The maximum Gasteiger partial charge on any atom is 0.329 e. The first-order valence-corrected chi connectivity index (χ1v) is 7.43. The Kier molecular flexibility index (Phi) is 3.96. The van der Waals surface area contributed by atoms with E-state index in [0.29, 0.717) is 6.61 Å². The van der Waals surface area contributed by atoms with E-state index in [0.717, 1.165) is 16.5 Å². The Morgan fingerprint density at radius 3 is 2.68 bits per heavy atom. The van der Waals surface area contributed by atoms with Crippen molar-refractivity contribution in [2.75, 3.05) is 0 Å². The molecule has 0 fully saturated rings. The third kappa shape index (κ3) is 2.89. The molecule has 2 aromatic carbocycles. The second kappa shape index (κ2) is 6.06. The molecular weight excluding hydrogens is 274 g/mol. The minimum absolute atomic E-state index is 0.220. The number of nitrogens with zero attached hydrogens (tertiary/aromatic N) is 1. The Balaban J connectivity index is 1.74. The number of esters is 1. The predicted molar refractivity (Wildman–Crippen MR) is 87.6 cm³/mol. The molecule has 0 aliphatic heterocycles. The molecule has 1 aromatic heterocycles. The first-order chi connectivity index (χ1) is 10.6. The van der Waals surface area contributed by atoms with Gasteiger partial charge in [-0.1, -0.05) is 42.0 Å². The fraction of sp³-hybridized carbons (Fsp3) is 0.211. The van der Waals surface area contributed by atoms with Crippen LogP contribution in [0.1, 0.15) is 24.1 Å². The van der Waals surface area contributed by atoms with Crippen LogP contribution < -0.4 is 0 Å². The van der Waals surface area contributed by atoms with Crippen molar-refractivity contribution in [2.45, 2.75) is 26.5 Å². The van der Waals surface area contributed by atoms with Crippen LogP contribution in [0.2, 0.25) is 0 Å². The van der Waals surface area contributed by atoms with Gasteiger partial charge in [0.25, 0.3) is 0 Å². The lowest BCUT2D eigenvalue weighted by molar-refractivity contribution is -0.148. The number of aromatic nitrogens is 1. The number of rotatable bonds is 4. The fourth-order valence-corrected chi connectivity index (χ4v) is 2.58. The van der Waals surface area contributed by atoms with Crippen molar-refractivity contribution in [3.05, 3.63) is 71.9 Å². The first kappa shape index (κ1) is 14.4. The topological polar surface area (TPSA) is 31.2 Å². The van der Waals surface area contributed by atoms with E-state index < -0.39 is 0 Å². The number of fused-ring (bicyclic) bond motifs is 1.